The highest BCUT2D eigenvalue weighted by Gasteiger charge is 2.19. The number of aliphatic imine (C=N–C) groups is 1. The molecule has 0 aliphatic carbocycles. The molecule has 0 radical (unpaired) electrons. The van der Waals surface area contributed by atoms with E-state index in [1.54, 1.807) is 18.0 Å². The van der Waals surface area contributed by atoms with Crippen LogP contribution in [0, 0.1) is 0 Å². The molecule has 1 aliphatic rings. The van der Waals surface area contributed by atoms with Gasteiger partial charge in [-0.1, -0.05) is 41.6 Å². The van der Waals surface area contributed by atoms with Crippen LogP contribution in [0.4, 0.5) is 5.69 Å². The molecule has 0 N–H and O–H groups in total. The van der Waals surface area contributed by atoms with Gasteiger partial charge >= 0.3 is 0 Å². The lowest BCUT2D eigenvalue weighted by atomic mass is 10.2. The van der Waals surface area contributed by atoms with E-state index in [0.29, 0.717) is 0 Å². The van der Waals surface area contributed by atoms with E-state index in [2.05, 4.69) is 20.9 Å². The molecule has 102 valence electrons. The quantitative estimate of drug-likeness (QED) is 0.862. The van der Waals surface area contributed by atoms with Crippen LogP contribution in [0.3, 0.4) is 0 Å². The molecule has 0 bridgehead atoms. The average molecular weight is 304 g/mol. The van der Waals surface area contributed by atoms with Crippen LogP contribution < -0.4 is 4.90 Å². The Morgan fingerprint density at radius 1 is 1.20 bits per heavy atom. The number of aromatic nitrogens is 1. The van der Waals surface area contributed by atoms with Gasteiger partial charge in [-0.2, -0.15) is 0 Å². The van der Waals surface area contributed by atoms with Crippen molar-refractivity contribution < 1.29 is 0 Å². The fraction of sp³-hybridized carbons (Fsp3) is 0.200. The maximum Gasteiger partial charge on any atom is 0.164 e. The Hall–Kier alpha value is -1.52. The number of nitrogens with zero attached hydrogens (tertiary/aromatic N) is 3. The summed E-state index contributed by atoms with van der Waals surface area (Å²) < 4.78 is 0. The molecule has 3 rings (SSSR count). The van der Waals surface area contributed by atoms with Crippen molar-refractivity contribution in [1.82, 2.24) is 4.98 Å². The maximum atomic E-state index is 6.34. The molecule has 3 nitrogen and oxygen atoms in total. The molecule has 0 spiro atoms. The number of thioether (sulfide) groups is 1. The highest BCUT2D eigenvalue weighted by atomic mass is 35.5. The topological polar surface area (TPSA) is 28.5 Å². The first-order chi connectivity index (χ1) is 9.84. The minimum Gasteiger partial charge on any atom is -0.315 e. The van der Waals surface area contributed by atoms with Crippen molar-refractivity contribution in [2.24, 2.45) is 4.99 Å². The number of rotatable bonds is 3. The molecule has 0 saturated carbocycles. The van der Waals surface area contributed by atoms with Crippen LogP contribution >= 0.6 is 23.4 Å². The SMILES string of the molecule is Clc1ccccc1N(Cc1cccnc1)C1=NCCS1. The molecule has 1 aliphatic heterocycles. The predicted molar refractivity (Wildman–Crippen MR) is 86.6 cm³/mol. The second-order valence-corrected chi connectivity index (χ2v) is 5.88. The standard InChI is InChI=1S/C15H14ClN3S/c16-13-5-1-2-6-14(13)19(15-18-8-9-20-15)11-12-4-3-7-17-10-12/h1-7,10H,8-9,11H2. The minimum absolute atomic E-state index is 0.726. The third kappa shape index (κ3) is 2.97. The molecule has 0 atom stereocenters. The van der Waals surface area contributed by atoms with Crippen LogP contribution in [-0.2, 0) is 6.54 Å². The number of hydrogen-bond acceptors (Lipinski definition) is 4. The van der Waals surface area contributed by atoms with Gasteiger partial charge in [-0.25, -0.2) is 0 Å². The number of halogens is 1. The predicted octanol–water partition coefficient (Wildman–Crippen LogP) is 3.84. The Bertz CT molecular complexity index is 616. The van der Waals surface area contributed by atoms with Crippen molar-refractivity contribution in [3.8, 4) is 0 Å². The summed E-state index contributed by atoms with van der Waals surface area (Å²) in [5.41, 5.74) is 2.13. The number of benzene rings is 1. The van der Waals surface area contributed by atoms with Crippen molar-refractivity contribution in [2.45, 2.75) is 6.54 Å². The maximum absolute atomic E-state index is 6.34. The molecule has 2 heterocycles. The van der Waals surface area contributed by atoms with Gasteiger partial charge in [-0.3, -0.25) is 9.98 Å². The summed E-state index contributed by atoms with van der Waals surface area (Å²) in [7, 11) is 0. The second-order valence-electron chi connectivity index (χ2n) is 4.41. The molecule has 0 saturated heterocycles. The van der Waals surface area contributed by atoms with Crippen molar-refractivity contribution in [2.75, 3.05) is 17.2 Å². The van der Waals surface area contributed by atoms with E-state index in [9.17, 15) is 0 Å². The van der Waals surface area contributed by atoms with Gasteiger partial charge in [-0.05, 0) is 23.8 Å². The van der Waals surface area contributed by atoms with Crippen molar-refractivity contribution >= 4 is 34.2 Å². The van der Waals surface area contributed by atoms with Crippen molar-refractivity contribution in [3.63, 3.8) is 0 Å². The average Bonchev–Trinajstić information content (AvgIpc) is 3.01. The van der Waals surface area contributed by atoms with E-state index in [1.165, 1.54) is 0 Å². The Labute approximate surface area is 127 Å². The van der Waals surface area contributed by atoms with Crippen LogP contribution in [0.15, 0.2) is 53.8 Å². The van der Waals surface area contributed by atoms with Gasteiger partial charge in [0.2, 0.25) is 0 Å². The molecule has 1 aromatic heterocycles. The molecule has 1 aromatic carbocycles. The molecular formula is C15H14ClN3S. The van der Waals surface area contributed by atoms with Crippen molar-refractivity contribution in [1.29, 1.82) is 0 Å². The van der Waals surface area contributed by atoms with Crippen molar-refractivity contribution in [3.05, 3.63) is 59.4 Å². The van der Waals surface area contributed by atoms with E-state index in [0.717, 1.165) is 40.3 Å². The summed E-state index contributed by atoms with van der Waals surface area (Å²) >= 11 is 8.11. The van der Waals surface area contributed by atoms with E-state index in [4.69, 9.17) is 11.6 Å². The van der Waals surface area contributed by atoms with Gasteiger partial charge in [0.1, 0.15) is 0 Å². The Morgan fingerprint density at radius 3 is 2.80 bits per heavy atom. The van der Waals surface area contributed by atoms with Crippen LogP contribution in [0.1, 0.15) is 5.56 Å². The van der Waals surface area contributed by atoms with E-state index in [1.807, 2.05) is 36.5 Å². The fourth-order valence-corrected chi connectivity index (χ4v) is 3.19. The Kier molecular flexibility index (Phi) is 4.23. The first-order valence-corrected chi connectivity index (χ1v) is 7.79. The summed E-state index contributed by atoms with van der Waals surface area (Å²) in [5.74, 6) is 1.03. The third-order valence-electron chi connectivity index (χ3n) is 3.01. The highest BCUT2D eigenvalue weighted by molar-refractivity contribution is 8.14. The largest absolute Gasteiger partial charge is 0.315 e. The molecule has 5 heteroatoms. The molecule has 0 unspecified atom stereocenters. The zero-order chi connectivity index (χ0) is 13.8. The summed E-state index contributed by atoms with van der Waals surface area (Å²) in [6.07, 6.45) is 3.66. The molecular weight excluding hydrogens is 290 g/mol. The normalized spacial score (nSPS) is 14.2. The first kappa shape index (κ1) is 13.5. The lowest BCUT2D eigenvalue weighted by Crippen LogP contribution is -2.27. The van der Waals surface area contributed by atoms with Gasteiger partial charge < -0.3 is 4.90 Å². The Balaban J connectivity index is 1.94. The first-order valence-electron chi connectivity index (χ1n) is 6.43. The third-order valence-corrected chi connectivity index (χ3v) is 4.32. The van der Waals surface area contributed by atoms with E-state index >= 15 is 0 Å². The number of amidine groups is 1. The zero-order valence-corrected chi connectivity index (χ0v) is 12.4. The lowest BCUT2D eigenvalue weighted by molar-refractivity contribution is 0.994. The number of hydrogen-bond donors (Lipinski definition) is 0. The van der Waals surface area contributed by atoms with Gasteiger partial charge in [-0.15, -0.1) is 0 Å². The number of para-hydroxylation sites is 1. The van der Waals surface area contributed by atoms with Crippen LogP contribution in [0.2, 0.25) is 5.02 Å². The zero-order valence-electron chi connectivity index (χ0n) is 10.9. The lowest BCUT2D eigenvalue weighted by Gasteiger charge is -2.25. The van der Waals surface area contributed by atoms with Gasteiger partial charge in [0.25, 0.3) is 0 Å². The van der Waals surface area contributed by atoms with Gasteiger partial charge in [0, 0.05) is 18.1 Å². The summed E-state index contributed by atoms with van der Waals surface area (Å²) in [4.78, 5) is 10.9. The molecule has 2 aromatic rings. The van der Waals surface area contributed by atoms with Gasteiger partial charge in [0.05, 0.1) is 23.8 Å². The van der Waals surface area contributed by atoms with Crippen LogP contribution in [0.5, 0.6) is 0 Å². The second kappa shape index (κ2) is 6.29. The van der Waals surface area contributed by atoms with Crippen LogP contribution in [-0.4, -0.2) is 22.4 Å². The number of pyridine rings is 1. The van der Waals surface area contributed by atoms with E-state index in [-0.39, 0.29) is 0 Å². The van der Waals surface area contributed by atoms with Crippen LogP contribution in [0.25, 0.3) is 0 Å². The fourth-order valence-electron chi connectivity index (χ4n) is 2.09. The van der Waals surface area contributed by atoms with Gasteiger partial charge in [0.15, 0.2) is 5.17 Å². The number of anilines is 1. The molecule has 20 heavy (non-hydrogen) atoms. The smallest absolute Gasteiger partial charge is 0.164 e. The summed E-state index contributed by atoms with van der Waals surface area (Å²) in [5, 5.41) is 1.77. The monoisotopic (exact) mass is 303 g/mol. The summed E-state index contributed by atoms with van der Waals surface area (Å²) in [6.45, 7) is 1.59. The highest BCUT2D eigenvalue weighted by Crippen LogP contribution is 2.30. The van der Waals surface area contributed by atoms with E-state index < -0.39 is 0 Å². The minimum atomic E-state index is 0.726. The molecule has 0 fully saturated rings. The molecule has 0 amide bonds. The Morgan fingerprint density at radius 2 is 2.10 bits per heavy atom. The summed E-state index contributed by atoms with van der Waals surface area (Å²) in [6, 6.07) is 11.9.